The second kappa shape index (κ2) is 13.6. The fraction of sp³-hybridized carbons (Fsp3) is 0.351. The van der Waals surface area contributed by atoms with Crippen LogP contribution in [0.15, 0.2) is 102 Å². The molecule has 0 aliphatic rings. The third-order valence-electron chi connectivity index (χ3n) is 8.74. The average Bonchev–Trinajstić information content (AvgIpc) is 3.42. The zero-order valence-corrected chi connectivity index (χ0v) is 29.8. The van der Waals surface area contributed by atoms with Crippen LogP contribution in [0.5, 0.6) is 0 Å². The lowest BCUT2D eigenvalue weighted by Gasteiger charge is -2.44. The molecule has 0 unspecified atom stereocenters. The Labute approximate surface area is 275 Å². The highest BCUT2D eigenvalue weighted by Gasteiger charge is 2.50. The fourth-order valence-corrected chi connectivity index (χ4v) is 12.4. The highest BCUT2D eigenvalue weighted by atomic mass is 32.2. The van der Waals surface area contributed by atoms with Gasteiger partial charge in [-0.2, -0.15) is 4.31 Å². The van der Waals surface area contributed by atoms with Crippen molar-refractivity contribution in [3.8, 4) is 0 Å². The van der Waals surface area contributed by atoms with Crippen LogP contribution in [0.25, 0.3) is 11.0 Å². The Bertz CT molecular complexity index is 1810. The summed E-state index contributed by atoms with van der Waals surface area (Å²) in [4.78, 5) is 12.6. The lowest BCUT2D eigenvalue weighted by atomic mass is 10.1. The normalized spacial score (nSPS) is 13.5. The van der Waals surface area contributed by atoms with E-state index in [1.54, 1.807) is 25.4 Å². The van der Waals surface area contributed by atoms with E-state index in [1.807, 2.05) is 37.3 Å². The van der Waals surface area contributed by atoms with Crippen molar-refractivity contribution in [2.45, 2.75) is 70.4 Å². The van der Waals surface area contributed by atoms with Gasteiger partial charge < -0.3 is 9.41 Å². The number of hydrogen-bond acceptors (Lipinski definition) is 5. The summed E-state index contributed by atoms with van der Waals surface area (Å²) in [6, 6.07) is 29.6. The molecule has 0 saturated carbocycles. The van der Waals surface area contributed by atoms with Gasteiger partial charge in [0, 0.05) is 25.7 Å². The topological polar surface area (TPSA) is 88.2 Å². The van der Waals surface area contributed by atoms with Gasteiger partial charge in [0.2, 0.25) is 10.0 Å². The van der Waals surface area contributed by atoms with Crippen LogP contribution in [0.4, 0.5) is 0 Å². The lowest BCUT2D eigenvalue weighted by Crippen LogP contribution is -2.67. The number of rotatable bonds is 12. The van der Waals surface area contributed by atoms with Gasteiger partial charge in [0.05, 0.1) is 28.2 Å². The van der Waals surface area contributed by atoms with Crippen molar-refractivity contribution in [1.29, 1.82) is 0 Å². The summed E-state index contributed by atoms with van der Waals surface area (Å²) in [6.45, 7) is 13.2. The number of benzene rings is 3. The van der Waals surface area contributed by atoms with Gasteiger partial charge in [-0.05, 0) is 58.4 Å². The highest BCUT2D eigenvalue weighted by Crippen LogP contribution is 2.37. The van der Waals surface area contributed by atoms with Crippen LogP contribution >= 0.6 is 0 Å². The predicted octanol–water partition coefficient (Wildman–Crippen LogP) is 6.47. The van der Waals surface area contributed by atoms with Crippen LogP contribution in [-0.4, -0.2) is 55.7 Å². The summed E-state index contributed by atoms with van der Waals surface area (Å²) in [5.41, 5.74) is 3.64. The Morgan fingerprint density at radius 3 is 2.02 bits per heavy atom. The van der Waals surface area contributed by atoms with E-state index in [-0.39, 0.29) is 21.9 Å². The summed E-state index contributed by atoms with van der Waals surface area (Å²) in [5, 5.41) is 2.14. The van der Waals surface area contributed by atoms with Crippen molar-refractivity contribution in [1.82, 2.24) is 19.3 Å². The maximum atomic E-state index is 14.1. The molecular formula is C37H46N4O3SSi. The van der Waals surface area contributed by atoms with Crippen LogP contribution in [0.2, 0.25) is 5.04 Å². The number of imidazole rings is 1. The van der Waals surface area contributed by atoms with Gasteiger partial charge >= 0.3 is 0 Å². The number of aromatic nitrogens is 3. The molecule has 0 aliphatic heterocycles. The minimum atomic E-state index is -3.80. The van der Waals surface area contributed by atoms with Gasteiger partial charge in [-0.1, -0.05) is 107 Å². The van der Waals surface area contributed by atoms with Crippen LogP contribution in [0.3, 0.4) is 0 Å². The van der Waals surface area contributed by atoms with Gasteiger partial charge in [-0.25, -0.2) is 13.4 Å². The molecule has 1 N–H and O–H groups in total. The monoisotopic (exact) mass is 654 g/mol. The van der Waals surface area contributed by atoms with Gasteiger partial charge in [0.15, 0.2) is 0 Å². The molecule has 0 fully saturated rings. The van der Waals surface area contributed by atoms with Crippen LogP contribution in [0.1, 0.15) is 58.1 Å². The molecule has 2 aromatic heterocycles. The first-order valence-electron chi connectivity index (χ1n) is 15.9. The molecule has 7 nitrogen and oxygen atoms in total. The highest BCUT2D eigenvalue weighted by molar-refractivity contribution is 7.89. The van der Waals surface area contributed by atoms with Crippen molar-refractivity contribution in [2.24, 2.45) is 5.92 Å². The number of hydrogen-bond donors (Lipinski definition) is 1. The number of pyridine rings is 1. The maximum Gasteiger partial charge on any atom is 0.261 e. The van der Waals surface area contributed by atoms with Crippen LogP contribution in [0, 0.1) is 12.8 Å². The van der Waals surface area contributed by atoms with E-state index in [4.69, 9.17) is 4.43 Å². The Balaban J connectivity index is 1.43. The summed E-state index contributed by atoms with van der Waals surface area (Å²) in [6.07, 6.45) is 3.00. The zero-order chi connectivity index (χ0) is 33.1. The molecule has 9 heteroatoms. The van der Waals surface area contributed by atoms with Crippen molar-refractivity contribution >= 4 is 39.7 Å². The smallest absolute Gasteiger partial charge is 0.261 e. The average molecular weight is 655 g/mol. The van der Waals surface area contributed by atoms with Gasteiger partial charge in [0.1, 0.15) is 5.82 Å². The number of fused-ring (bicyclic) bond motifs is 1. The largest absolute Gasteiger partial charge is 0.406 e. The molecule has 0 amide bonds. The number of aromatic amines is 1. The van der Waals surface area contributed by atoms with Crippen LogP contribution in [-0.2, 0) is 20.9 Å². The van der Waals surface area contributed by atoms with Crippen molar-refractivity contribution < 1.29 is 12.8 Å². The molecule has 0 saturated heterocycles. The number of aryl methyl sites for hydroxylation is 1. The number of H-pyrrole nitrogens is 1. The van der Waals surface area contributed by atoms with E-state index in [9.17, 15) is 8.42 Å². The first-order valence-corrected chi connectivity index (χ1v) is 19.3. The molecule has 5 aromatic rings. The van der Waals surface area contributed by atoms with E-state index >= 15 is 0 Å². The number of nitrogens with one attached hydrogen (secondary N) is 1. The van der Waals surface area contributed by atoms with Crippen LogP contribution < -0.4 is 10.4 Å². The molecule has 0 aliphatic carbocycles. The van der Waals surface area contributed by atoms with E-state index in [2.05, 4.69) is 98.1 Å². The second-order valence-electron chi connectivity index (χ2n) is 13.6. The molecule has 0 bridgehead atoms. The first-order chi connectivity index (χ1) is 21.8. The Kier molecular flexibility index (Phi) is 9.98. The molecule has 46 heavy (non-hydrogen) atoms. The van der Waals surface area contributed by atoms with Gasteiger partial charge in [-0.15, -0.1) is 0 Å². The number of nitrogens with zero attached hydrogens (tertiary/aromatic N) is 3. The molecule has 3 aromatic carbocycles. The number of likely N-dealkylation sites (N-methyl/N-ethyl adjacent to an activating group) is 1. The molecule has 2 heterocycles. The maximum absolute atomic E-state index is 14.1. The summed E-state index contributed by atoms with van der Waals surface area (Å²) in [5.74, 6) is 1.11. The summed E-state index contributed by atoms with van der Waals surface area (Å²) >= 11 is 0. The van der Waals surface area contributed by atoms with E-state index in [0.717, 1.165) is 28.1 Å². The molecular weight excluding hydrogens is 609 g/mol. The lowest BCUT2D eigenvalue weighted by molar-refractivity contribution is 0.191. The number of sulfonamides is 1. The molecule has 5 rings (SSSR count). The molecule has 242 valence electrons. The van der Waals surface area contributed by atoms with Gasteiger partial charge in [0.25, 0.3) is 8.32 Å². The standard InChI is InChI=1S/C37H46N4O3SSi/c1-27(2)24-30(26-44-46(37(4,5)6,32-14-10-8-11-15-32)33-16-12-9-13-17-33)41(7)45(42,43)31-20-18-29(19-21-31)25-35-36-34(22-23-38-35)39-28(3)40-36/h8-23,27,30H,24-26H2,1-7H3,(H,39,40)/t30-/m0/s1. The molecule has 0 radical (unpaired) electrons. The first kappa shape index (κ1) is 33.7. The second-order valence-corrected chi connectivity index (χ2v) is 19.9. The summed E-state index contributed by atoms with van der Waals surface area (Å²) in [7, 11) is -4.95. The quantitative estimate of drug-likeness (QED) is 0.156. The van der Waals surface area contributed by atoms with E-state index < -0.39 is 18.3 Å². The van der Waals surface area contributed by atoms with Crippen molar-refractivity contribution in [2.75, 3.05) is 13.7 Å². The zero-order valence-electron chi connectivity index (χ0n) is 28.0. The predicted molar refractivity (Wildman–Crippen MR) is 190 cm³/mol. The Morgan fingerprint density at radius 2 is 1.48 bits per heavy atom. The molecule has 1 atom stereocenters. The third kappa shape index (κ3) is 6.88. The SMILES string of the molecule is Cc1nc2ccnc(Cc3ccc(S(=O)(=O)N(C)[C@H](CO[Si](c4ccccc4)(c4ccccc4)C(C)(C)C)CC(C)C)cc3)c2[nH]1. The van der Waals surface area contributed by atoms with E-state index in [1.165, 1.54) is 14.7 Å². The summed E-state index contributed by atoms with van der Waals surface area (Å²) < 4.78 is 37.0. The Morgan fingerprint density at radius 1 is 0.891 bits per heavy atom. The molecule has 0 spiro atoms. The minimum absolute atomic E-state index is 0.209. The Hall–Kier alpha value is -3.63. The van der Waals surface area contributed by atoms with E-state index in [0.29, 0.717) is 19.4 Å². The van der Waals surface area contributed by atoms with Crippen molar-refractivity contribution in [3.63, 3.8) is 0 Å². The van der Waals surface area contributed by atoms with Gasteiger partial charge in [-0.3, -0.25) is 4.98 Å². The minimum Gasteiger partial charge on any atom is -0.406 e. The third-order valence-corrected chi connectivity index (χ3v) is 15.7. The van der Waals surface area contributed by atoms with Crippen molar-refractivity contribution in [3.05, 3.63) is 114 Å². The fourth-order valence-electron chi connectivity index (χ4n) is 6.43.